The SMILES string of the molecule is O=[N+]([O-])c1ccc(NC2(CO)CCCC2)cc1C(F)(F)F.O=[N+]([O-])c1ccc(N[C@H](CO)Cc2ccccc2)cc1C(F)(F)F. The van der Waals surface area contributed by atoms with Gasteiger partial charge in [0, 0.05) is 23.5 Å². The van der Waals surface area contributed by atoms with Crippen LogP contribution >= 0.6 is 0 Å². The molecule has 16 heteroatoms. The van der Waals surface area contributed by atoms with E-state index >= 15 is 0 Å². The molecule has 0 spiro atoms. The van der Waals surface area contributed by atoms with Gasteiger partial charge in [0.2, 0.25) is 0 Å². The van der Waals surface area contributed by atoms with Crippen molar-refractivity contribution in [3.8, 4) is 0 Å². The number of aliphatic hydroxyl groups is 2. The van der Waals surface area contributed by atoms with Crippen molar-refractivity contribution < 1.29 is 46.4 Å². The average Bonchev–Trinajstić information content (AvgIpc) is 3.45. The fraction of sp³-hybridized carbons (Fsp3) is 0.379. The van der Waals surface area contributed by atoms with E-state index < -0.39 is 56.3 Å². The van der Waals surface area contributed by atoms with Crippen molar-refractivity contribution in [1.82, 2.24) is 0 Å². The van der Waals surface area contributed by atoms with Gasteiger partial charge in [0.25, 0.3) is 11.4 Å². The number of anilines is 2. The summed E-state index contributed by atoms with van der Waals surface area (Å²) >= 11 is 0. The van der Waals surface area contributed by atoms with Crippen molar-refractivity contribution in [3.05, 3.63) is 104 Å². The van der Waals surface area contributed by atoms with Gasteiger partial charge in [-0.2, -0.15) is 26.3 Å². The van der Waals surface area contributed by atoms with Crippen molar-refractivity contribution in [2.75, 3.05) is 23.8 Å². The molecule has 0 aliphatic heterocycles. The highest BCUT2D eigenvalue weighted by Gasteiger charge is 2.40. The maximum absolute atomic E-state index is 13.0. The standard InChI is InChI=1S/C16H15F3N2O3.C13H15F3N2O3/c17-16(18,19)14-9-12(6-7-15(14)21(23)24)20-13(10-22)8-11-4-2-1-3-5-11;14-13(15,16)10-7-9(3-4-11(10)18(20)21)17-12(8-19)5-1-2-6-12/h1-7,9,13,20,22H,8,10H2;3-4,7,17,19H,1-2,5-6,8H2/t13-;/m0./s1. The number of alkyl halides is 6. The number of halogens is 6. The number of aliphatic hydroxyl groups excluding tert-OH is 2. The molecule has 3 aromatic rings. The number of nitro groups is 2. The summed E-state index contributed by atoms with van der Waals surface area (Å²) in [4.78, 5) is 19.3. The van der Waals surface area contributed by atoms with Crippen LogP contribution in [0.3, 0.4) is 0 Å². The number of rotatable bonds is 10. The number of nitrogens with one attached hydrogen (secondary N) is 2. The summed E-state index contributed by atoms with van der Waals surface area (Å²) in [5.74, 6) is 0. The van der Waals surface area contributed by atoms with Crippen LogP contribution in [-0.2, 0) is 18.8 Å². The zero-order valence-electron chi connectivity index (χ0n) is 23.6. The zero-order valence-corrected chi connectivity index (χ0v) is 23.6. The largest absolute Gasteiger partial charge is 0.423 e. The molecule has 1 saturated carbocycles. The lowest BCUT2D eigenvalue weighted by atomic mass is 9.98. The van der Waals surface area contributed by atoms with Crippen LogP contribution in [0.4, 0.5) is 49.1 Å². The Morgan fingerprint density at radius 2 is 1.27 bits per heavy atom. The Bertz CT molecular complexity index is 1460. The van der Waals surface area contributed by atoms with Gasteiger partial charge in [-0.1, -0.05) is 43.2 Å². The molecule has 0 radical (unpaired) electrons. The predicted molar refractivity (Wildman–Crippen MR) is 153 cm³/mol. The van der Waals surface area contributed by atoms with Crippen LogP contribution in [0.25, 0.3) is 0 Å². The van der Waals surface area contributed by atoms with Gasteiger partial charge < -0.3 is 20.8 Å². The van der Waals surface area contributed by atoms with Gasteiger partial charge in [0.15, 0.2) is 0 Å². The molecule has 0 saturated heterocycles. The van der Waals surface area contributed by atoms with Crippen LogP contribution in [0.2, 0.25) is 0 Å². The minimum absolute atomic E-state index is 0.0582. The van der Waals surface area contributed by atoms with E-state index in [2.05, 4.69) is 10.6 Å². The van der Waals surface area contributed by atoms with E-state index in [1.54, 1.807) is 0 Å². The molecule has 1 fully saturated rings. The third kappa shape index (κ3) is 9.52. The summed E-state index contributed by atoms with van der Waals surface area (Å²) in [6.45, 7) is -0.488. The molecule has 45 heavy (non-hydrogen) atoms. The molecule has 0 heterocycles. The first-order chi connectivity index (χ1) is 21.1. The molecule has 3 aromatic carbocycles. The number of hydrogen-bond acceptors (Lipinski definition) is 8. The third-order valence-corrected chi connectivity index (χ3v) is 7.19. The van der Waals surface area contributed by atoms with E-state index in [0.717, 1.165) is 36.6 Å². The highest BCUT2D eigenvalue weighted by atomic mass is 19.4. The van der Waals surface area contributed by atoms with Gasteiger partial charge in [0.1, 0.15) is 11.1 Å². The lowest BCUT2D eigenvalue weighted by molar-refractivity contribution is -0.388. The number of nitro benzene ring substituents is 2. The monoisotopic (exact) mass is 644 g/mol. The Labute approximate surface area is 253 Å². The molecular weight excluding hydrogens is 614 g/mol. The fourth-order valence-corrected chi connectivity index (χ4v) is 4.99. The third-order valence-electron chi connectivity index (χ3n) is 7.19. The number of nitrogens with zero attached hydrogens (tertiary/aromatic N) is 2. The van der Waals surface area contributed by atoms with Crippen molar-refractivity contribution in [1.29, 1.82) is 0 Å². The lowest BCUT2D eigenvalue weighted by Gasteiger charge is -2.29. The summed E-state index contributed by atoms with van der Waals surface area (Å²) in [6.07, 6.45) is -6.17. The van der Waals surface area contributed by atoms with Crippen molar-refractivity contribution in [2.45, 2.75) is 56.0 Å². The van der Waals surface area contributed by atoms with Crippen LogP contribution in [0.15, 0.2) is 66.7 Å². The molecule has 0 aromatic heterocycles. The van der Waals surface area contributed by atoms with Crippen molar-refractivity contribution >= 4 is 22.7 Å². The summed E-state index contributed by atoms with van der Waals surface area (Å²) in [5, 5.41) is 46.0. The van der Waals surface area contributed by atoms with E-state index in [1.807, 2.05) is 30.3 Å². The fourth-order valence-electron chi connectivity index (χ4n) is 4.99. The summed E-state index contributed by atoms with van der Waals surface area (Å²) in [7, 11) is 0. The van der Waals surface area contributed by atoms with Gasteiger partial charge in [-0.05, 0) is 49.1 Å². The van der Waals surface area contributed by atoms with Gasteiger partial charge in [-0.25, -0.2) is 0 Å². The predicted octanol–water partition coefficient (Wildman–Crippen LogP) is 6.96. The Morgan fingerprint density at radius 3 is 1.71 bits per heavy atom. The maximum atomic E-state index is 13.0. The molecule has 10 nitrogen and oxygen atoms in total. The molecule has 1 aliphatic carbocycles. The molecule has 4 N–H and O–H groups in total. The second-order valence-corrected chi connectivity index (χ2v) is 10.5. The highest BCUT2D eigenvalue weighted by Crippen LogP contribution is 2.40. The molecule has 1 aliphatic rings. The first-order valence-corrected chi connectivity index (χ1v) is 13.6. The quantitative estimate of drug-likeness (QED) is 0.105. The minimum atomic E-state index is -4.84. The van der Waals surface area contributed by atoms with Crippen LogP contribution in [-0.4, -0.2) is 44.9 Å². The second kappa shape index (κ2) is 14.6. The van der Waals surface area contributed by atoms with E-state index in [-0.39, 0.29) is 24.6 Å². The van der Waals surface area contributed by atoms with E-state index in [1.165, 1.54) is 12.1 Å². The van der Waals surface area contributed by atoms with Gasteiger partial charge >= 0.3 is 12.4 Å². The molecule has 0 amide bonds. The molecule has 244 valence electrons. The Kier molecular flexibility index (Phi) is 11.3. The Balaban J connectivity index is 0.000000248. The number of benzene rings is 3. The Hall–Kier alpha value is -4.44. The van der Waals surface area contributed by atoms with Crippen LogP contribution in [0.1, 0.15) is 42.4 Å². The first-order valence-electron chi connectivity index (χ1n) is 13.6. The highest BCUT2D eigenvalue weighted by molar-refractivity contribution is 5.57. The van der Waals surface area contributed by atoms with Crippen LogP contribution in [0.5, 0.6) is 0 Å². The zero-order chi connectivity index (χ0) is 33.4. The van der Waals surface area contributed by atoms with Gasteiger partial charge in [-0.15, -0.1) is 0 Å². The molecular formula is C29H30F6N4O6. The van der Waals surface area contributed by atoms with Gasteiger partial charge in [0.05, 0.1) is 34.6 Å². The van der Waals surface area contributed by atoms with Crippen molar-refractivity contribution in [2.24, 2.45) is 0 Å². The lowest BCUT2D eigenvalue weighted by Crippen LogP contribution is -2.39. The molecule has 4 rings (SSSR count). The average molecular weight is 645 g/mol. The van der Waals surface area contributed by atoms with Gasteiger partial charge in [-0.3, -0.25) is 20.2 Å². The summed E-state index contributed by atoms with van der Waals surface area (Å²) in [6, 6.07) is 14.1. The molecule has 0 unspecified atom stereocenters. The van der Waals surface area contributed by atoms with E-state index in [4.69, 9.17) is 0 Å². The number of hydrogen-bond donors (Lipinski definition) is 4. The van der Waals surface area contributed by atoms with E-state index in [9.17, 15) is 56.8 Å². The van der Waals surface area contributed by atoms with Crippen LogP contribution in [0, 0.1) is 20.2 Å². The van der Waals surface area contributed by atoms with Crippen LogP contribution < -0.4 is 10.6 Å². The molecule has 0 bridgehead atoms. The second-order valence-electron chi connectivity index (χ2n) is 10.5. The normalized spacial score (nSPS) is 15.0. The minimum Gasteiger partial charge on any atom is -0.394 e. The smallest absolute Gasteiger partial charge is 0.394 e. The Morgan fingerprint density at radius 1 is 0.778 bits per heavy atom. The maximum Gasteiger partial charge on any atom is 0.423 e. The summed E-state index contributed by atoms with van der Waals surface area (Å²) in [5.41, 5.74) is -4.14. The molecule has 1 atom stereocenters. The van der Waals surface area contributed by atoms with E-state index in [0.29, 0.717) is 25.3 Å². The first kappa shape index (κ1) is 35.0. The van der Waals surface area contributed by atoms with Crippen molar-refractivity contribution in [3.63, 3.8) is 0 Å². The summed E-state index contributed by atoms with van der Waals surface area (Å²) < 4.78 is 77.6. The topological polar surface area (TPSA) is 151 Å².